The van der Waals surface area contributed by atoms with E-state index in [0.717, 1.165) is 11.1 Å². The highest BCUT2D eigenvalue weighted by Gasteiger charge is 2.14. The van der Waals surface area contributed by atoms with Crippen LogP contribution in [-0.4, -0.2) is 16.9 Å². The Morgan fingerprint density at radius 1 is 0.704 bits per heavy atom. The lowest BCUT2D eigenvalue weighted by Crippen LogP contribution is -2.11. The number of Topliss-reactive ketones (excluding diaryl/α,β-unsaturated/α-hetero) is 2. The molecule has 0 atom stereocenters. The van der Waals surface area contributed by atoms with Crippen molar-refractivity contribution < 1.29 is 9.59 Å². The Kier molecular flexibility index (Phi) is 8.16. The molecule has 146 valence electrons. The standard InChI is InChI=1S/C12H15BrO.C12H16O/c1-12(2,3)10-6-4-9(5-7-10)11(14)8-13;1-9(13)10-5-7-11(8-6-10)12(2,3)4/h4-7H,8H2,1-3H3;5-8H,1-4H3. The average molecular weight is 431 g/mol. The number of hydrogen-bond acceptors (Lipinski definition) is 2. The van der Waals surface area contributed by atoms with Crippen LogP contribution in [0.15, 0.2) is 48.5 Å². The number of ketones is 2. The molecular weight excluding hydrogens is 400 g/mol. The lowest BCUT2D eigenvalue weighted by atomic mass is 9.86. The Morgan fingerprint density at radius 2 is 1.04 bits per heavy atom. The van der Waals surface area contributed by atoms with Gasteiger partial charge >= 0.3 is 0 Å². The van der Waals surface area contributed by atoms with Crippen LogP contribution in [0.5, 0.6) is 0 Å². The van der Waals surface area contributed by atoms with Gasteiger partial charge in [-0.25, -0.2) is 0 Å². The van der Waals surface area contributed by atoms with Crippen LogP contribution < -0.4 is 0 Å². The van der Waals surface area contributed by atoms with Crippen LogP contribution in [-0.2, 0) is 10.8 Å². The van der Waals surface area contributed by atoms with Gasteiger partial charge in [0, 0.05) is 11.1 Å². The average Bonchev–Trinajstić information content (AvgIpc) is 2.60. The van der Waals surface area contributed by atoms with Crippen molar-refractivity contribution >= 4 is 27.5 Å². The monoisotopic (exact) mass is 430 g/mol. The van der Waals surface area contributed by atoms with Crippen LogP contribution in [0.1, 0.15) is 80.3 Å². The molecule has 2 aromatic carbocycles. The maximum atomic E-state index is 11.3. The summed E-state index contributed by atoms with van der Waals surface area (Å²) in [7, 11) is 0. The smallest absolute Gasteiger partial charge is 0.173 e. The zero-order chi connectivity index (χ0) is 20.8. The number of carbonyl (C=O) groups is 2. The molecule has 0 aliphatic carbocycles. The highest BCUT2D eigenvalue weighted by Crippen LogP contribution is 2.23. The van der Waals surface area contributed by atoms with Crippen LogP contribution >= 0.6 is 15.9 Å². The summed E-state index contributed by atoms with van der Waals surface area (Å²) in [6, 6.07) is 15.7. The van der Waals surface area contributed by atoms with Gasteiger partial charge in [-0.05, 0) is 28.9 Å². The van der Waals surface area contributed by atoms with Crippen molar-refractivity contribution in [3.8, 4) is 0 Å². The summed E-state index contributed by atoms with van der Waals surface area (Å²) in [6.07, 6.45) is 0. The van der Waals surface area contributed by atoms with Crippen molar-refractivity contribution in [2.75, 3.05) is 5.33 Å². The molecule has 0 unspecified atom stereocenters. The van der Waals surface area contributed by atoms with Crippen molar-refractivity contribution in [1.29, 1.82) is 0 Å². The molecular formula is C24H31BrO2. The minimum Gasteiger partial charge on any atom is -0.295 e. The third kappa shape index (κ3) is 7.42. The van der Waals surface area contributed by atoms with Gasteiger partial charge in [-0.3, -0.25) is 9.59 Å². The first-order chi connectivity index (χ1) is 12.4. The zero-order valence-corrected chi connectivity index (χ0v) is 19.1. The second-order valence-electron chi connectivity index (χ2n) is 8.77. The SMILES string of the molecule is CC(=O)c1ccc(C(C)(C)C)cc1.CC(C)(C)c1ccc(C(=O)CBr)cc1. The van der Waals surface area contributed by atoms with E-state index in [1.807, 2.05) is 48.5 Å². The largest absolute Gasteiger partial charge is 0.295 e. The predicted octanol–water partition coefficient (Wildman–Crippen LogP) is 6.75. The topological polar surface area (TPSA) is 34.1 Å². The fourth-order valence-electron chi connectivity index (χ4n) is 2.44. The molecule has 0 aromatic heterocycles. The molecule has 0 N–H and O–H groups in total. The van der Waals surface area contributed by atoms with E-state index in [-0.39, 0.29) is 22.4 Å². The zero-order valence-electron chi connectivity index (χ0n) is 17.5. The van der Waals surface area contributed by atoms with E-state index in [1.165, 1.54) is 11.1 Å². The Bertz CT molecular complexity index is 758. The molecule has 0 heterocycles. The van der Waals surface area contributed by atoms with Crippen molar-refractivity contribution in [3.63, 3.8) is 0 Å². The minimum absolute atomic E-state index is 0.125. The molecule has 0 fully saturated rings. The Hall–Kier alpha value is -1.74. The Labute approximate surface area is 172 Å². The van der Waals surface area contributed by atoms with Gasteiger partial charge < -0.3 is 0 Å². The van der Waals surface area contributed by atoms with Crippen LogP contribution in [0.2, 0.25) is 0 Å². The highest BCUT2D eigenvalue weighted by atomic mass is 79.9. The molecule has 0 saturated heterocycles. The van der Waals surface area contributed by atoms with Gasteiger partial charge in [0.25, 0.3) is 0 Å². The van der Waals surface area contributed by atoms with Gasteiger partial charge in [-0.2, -0.15) is 0 Å². The van der Waals surface area contributed by atoms with Crippen LogP contribution in [0.25, 0.3) is 0 Å². The number of alkyl halides is 1. The first-order valence-corrected chi connectivity index (χ1v) is 10.3. The van der Waals surface area contributed by atoms with E-state index in [4.69, 9.17) is 0 Å². The molecule has 0 radical (unpaired) electrons. The quantitative estimate of drug-likeness (QED) is 0.398. The van der Waals surface area contributed by atoms with E-state index >= 15 is 0 Å². The molecule has 0 spiro atoms. The third-order valence-electron chi connectivity index (χ3n) is 4.35. The predicted molar refractivity (Wildman–Crippen MR) is 118 cm³/mol. The van der Waals surface area contributed by atoms with Gasteiger partial charge in [0.05, 0.1) is 5.33 Å². The molecule has 0 saturated carbocycles. The van der Waals surface area contributed by atoms with Gasteiger partial charge in [0.2, 0.25) is 0 Å². The summed E-state index contributed by atoms with van der Waals surface area (Å²) in [5, 5.41) is 0.391. The van der Waals surface area contributed by atoms with Gasteiger partial charge in [-0.1, -0.05) is 106 Å². The van der Waals surface area contributed by atoms with E-state index in [2.05, 4.69) is 57.5 Å². The van der Waals surface area contributed by atoms with Gasteiger partial charge in [-0.15, -0.1) is 0 Å². The van der Waals surface area contributed by atoms with E-state index in [0.29, 0.717) is 5.33 Å². The van der Waals surface area contributed by atoms with Crippen molar-refractivity contribution in [2.24, 2.45) is 0 Å². The fraction of sp³-hybridized carbons (Fsp3) is 0.417. The maximum Gasteiger partial charge on any atom is 0.173 e. The molecule has 2 aromatic rings. The first-order valence-electron chi connectivity index (χ1n) is 9.17. The molecule has 3 heteroatoms. The number of carbonyl (C=O) groups excluding carboxylic acids is 2. The van der Waals surface area contributed by atoms with E-state index < -0.39 is 0 Å². The van der Waals surface area contributed by atoms with Crippen LogP contribution in [0.4, 0.5) is 0 Å². The summed E-state index contributed by atoms with van der Waals surface area (Å²) in [4.78, 5) is 22.3. The molecule has 27 heavy (non-hydrogen) atoms. The van der Waals surface area contributed by atoms with Gasteiger partial charge in [0.1, 0.15) is 0 Å². The summed E-state index contributed by atoms with van der Waals surface area (Å²) < 4.78 is 0. The van der Waals surface area contributed by atoms with Gasteiger partial charge in [0.15, 0.2) is 11.6 Å². The maximum absolute atomic E-state index is 11.3. The summed E-state index contributed by atoms with van der Waals surface area (Å²) in [5.74, 6) is 0.255. The summed E-state index contributed by atoms with van der Waals surface area (Å²) >= 11 is 3.16. The lowest BCUT2D eigenvalue weighted by Gasteiger charge is -2.18. The number of hydrogen-bond donors (Lipinski definition) is 0. The first kappa shape index (κ1) is 23.3. The van der Waals surface area contributed by atoms with Crippen LogP contribution in [0, 0.1) is 0 Å². The summed E-state index contributed by atoms with van der Waals surface area (Å²) in [6.45, 7) is 14.6. The molecule has 0 bridgehead atoms. The Balaban J connectivity index is 0.000000271. The second-order valence-corrected chi connectivity index (χ2v) is 9.33. The number of benzene rings is 2. The number of rotatable bonds is 3. The van der Waals surface area contributed by atoms with Crippen molar-refractivity contribution in [3.05, 3.63) is 70.8 Å². The summed E-state index contributed by atoms with van der Waals surface area (Å²) in [5.41, 5.74) is 4.38. The molecule has 0 aliphatic rings. The van der Waals surface area contributed by atoms with Crippen molar-refractivity contribution in [2.45, 2.75) is 59.3 Å². The molecule has 0 amide bonds. The minimum atomic E-state index is 0.125. The Morgan fingerprint density at radius 3 is 1.30 bits per heavy atom. The second kappa shape index (κ2) is 9.45. The lowest BCUT2D eigenvalue weighted by molar-refractivity contribution is 0.101. The van der Waals surface area contributed by atoms with E-state index in [1.54, 1.807) is 6.92 Å². The molecule has 2 rings (SSSR count). The fourth-order valence-corrected chi connectivity index (χ4v) is 2.76. The van der Waals surface area contributed by atoms with Crippen molar-refractivity contribution in [1.82, 2.24) is 0 Å². The van der Waals surface area contributed by atoms with E-state index in [9.17, 15) is 9.59 Å². The van der Waals surface area contributed by atoms with Crippen LogP contribution in [0.3, 0.4) is 0 Å². The normalized spacial score (nSPS) is 11.4. The third-order valence-corrected chi connectivity index (χ3v) is 4.86. The number of halogens is 1. The molecule has 2 nitrogen and oxygen atoms in total. The molecule has 0 aliphatic heterocycles. The highest BCUT2D eigenvalue weighted by molar-refractivity contribution is 9.09.